The Kier molecular flexibility index (Phi) is 5.74. The number of rotatable bonds is 6. The van der Waals surface area contributed by atoms with E-state index in [0.29, 0.717) is 6.54 Å². The highest BCUT2D eigenvalue weighted by molar-refractivity contribution is 5.85. The van der Waals surface area contributed by atoms with Gasteiger partial charge in [-0.15, -0.1) is 19.0 Å². The van der Waals surface area contributed by atoms with E-state index in [2.05, 4.69) is 11.6 Å². The van der Waals surface area contributed by atoms with Gasteiger partial charge in [0.25, 0.3) is 0 Å². The summed E-state index contributed by atoms with van der Waals surface area (Å²) in [6.45, 7) is 8.27. The number of aromatic nitrogens is 2. The van der Waals surface area contributed by atoms with E-state index in [1.165, 1.54) is 0 Å². The molecule has 1 aromatic heterocycles. The molecule has 0 fully saturated rings. The zero-order valence-corrected chi connectivity index (χ0v) is 12.6. The molecule has 0 saturated carbocycles. The molecule has 2 rings (SSSR count). The summed E-state index contributed by atoms with van der Waals surface area (Å²) in [7, 11) is 0. The van der Waals surface area contributed by atoms with Crippen LogP contribution in [-0.4, -0.2) is 33.0 Å². The molecule has 1 unspecified atom stereocenters. The Morgan fingerprint density at radius 3 is 2.85 bits per heavy atom. The standard InChI is InChI=1S/C15H20N2O2.ClH/c1-4-15(2,3)19-10-12(18)9-17-11-16-13-7-5-6-8-14(13)17;/h4-8,11-12,18H,1,9-10H2,2-3H3;1H. The Balaban J connectivity index is 0.00000200. The lowest BCUT2D eigenvalue weighted by Crippen LogP contribution is -2.29. The number of hydrogen-bond donors (Lipinski definition) is 1. The van der Waals surface area contributed by atoms with Crippen molar-refractivity contribution >= 4 is 23.4 Å². The monoisotopic (exact) mass is 296 g/mol. The fraction of sp³-hybridized carbons (Fsp3) is 0.400. The highest BCUT2D eigenvalue weighted by atomic mass is 35.5. The van der Waals surface area contributed by atoms with Gasteiger partial charge in [0, 0.05) is 0 Å². The lowest BCUT2D eigenvalue weighted by Gasteiger charge is -2.23. The third-order valence-electron chi connectivity index (χ3n) is 3.07. The molecule has 0 radical (unpaired) electrons. The van der Waals surface area contributed by atoms with Crippen molar-refractivity contribution in [3.63, 3.8) is 0 Å². The number of benzene rings is 1. The molecular weight excluding hydrogens is 276 g/mol. The van der Waals surface area contributed by atoms with Gasteiger partial charge in [0.05, 0.1) is 42.2 Å². The Morgan fingerprint density at radius 2 is 2.15 bits per heavy atom. The number of aliphatic hydroxyl groups is 1. The smallest absolute Gasteiger partial charge is 0.0959 e. The molecule has 1 N–H and O–H groups in total. The van der Waals surface area contributed by atoms with Crippen molar-refractivity contribution in [2.24, 2.45) is 0 Å². The maximum absolute atomic E-state index is 10.0. The highest BCUT2D eigenvalue weighted by Gasteiger charge is 2.16. The maximum atomic E-state index is 10.0. The van der Waals surface area contributed by atoms with Crippen LogP contribution in [0.5, 0.6) is 0 Å². The molecule has 5 heteroatoms. The summed E-state index contributed by atoms with van der Waals surface area (Å²) in [6.07, 6.45) is 2.90. The van der Waals surface area contributed by atoms with Crippen LogP contribution < -0.4 is 0 Å². The predicted octanol–water partition coefficient (Wildman–Crippen LogP) is 2.80. The fourth-order valence-corrected chi connectivity index (χ4v) is 1.81. The molecule has 110 valence electrons. The molecule has 1 heterocycles. The van der Waals surface area contributed by atoms with Crippen molar-refractivity contribution in [3.8, 4) is 0 Å². The van der Waals surface area contributed by atoms with Crippen LogP contribution in [0.4, 0.5) is 0 Å². The minimum atomic E-state index is -0.572. The van der Waals surface area contributed by atoms with Gasteiger partial charge in [-0.1, -0.05) is 18.2 Å². The van der Waals surface area contributed by atoms with Gasteiger partial charge in [-0.25, -0.2) is 4.98 Å². The molecular formula is C15H21ClN2O2. The Bertz CT molecular complexity index is 566. The summed E-state index contributed by atoms with van der Waals surface area (Å²) in [5.74, 6) is 0. The van der Waals surface area contributed by atoms with E-state index in [9.17, 15) is 5.11 Å². The van der Waals surface area contributed by atoms with Gasteiger partial charge in [-0.05, 0) is 26.0 Å². The zero-order chi connectivity index (χ0) is 13.9. The van der Waals surface area contributed by atoms with Gasteiger partial charge in [-0.3, -0.25) is 0 Å². The summed E-state index contributed by atoms with van der Waals surface area (Å²) >= 11 is 0. The first-order valence-electron chi connectivity index (χ1n) is 6.37. The number of para-hydroxylation sites is 2. The predicted molar refractivity (Wildman–Crippen MR) is 83.2 cm³/mol. The van der Waals surface area contributed by atoms with Crippen molar-refractivity contribution < 1.29 is 9.84 Å². The fourth-order valence-electron chi connectivity index (χ4n) is 1.81. The molecule has 4 nitrogen and oxygen atoms in total. The minimum Gasteiger partial charge on any atom is -0.389 e. The third kappa shape index (κ3) is 4.07. The summed E-state index contributed by atoms with van der Waals surface area (Å²) in [4.78, 5) is 4.29. The molecule has 0 aliphatic heterocycles. The molecule has 0 aliphatic rings. The number of nitrogens with zero attached hydrogens (tertiary/aromatic N) is 2. The van der Waals surface area contributed by atoms with Crippen LogP contribution in [0.25, 0.3) is 11.0 Å². The van der Waals surface area contributed by atoms with Crippen molar-refractivity contribution in [2.75, 3.05) is 6.61 Å². The molecule has 2 aromatic rings. The Hall–Kier alpha value is -1.36. The SMILES string of the molecule is C=CC(C)(C)OCC(O)Cn1cnc2ccccc21.Cl. The average Bonchev–Trinajstić information content (AvgIpc) is 2.80. The number of fused-ring (bicyclic) bond motifs is 1. The molecule has 0 amide bonds. The first kappa shape index (κ1) is 16.7. The molecule has 0 aliphatic carbocycles. The van der Waals surface area contributed by atoms with E-state index >= 15 is 0 Å². The minimum absolute atomic E-state index is 0. The number of aliphatic hydroxyl groups excluding tert-OH is 1. The summed E-state index contributed by atoms with van der Waals surface area (Å²) in [5.41, 5.74) is 1.53. The molecule has 0 spiro atoms. The van der Waals surface area contributed by atoms with Crippen LogP contribution in [-0.2, 0) is 11.3 Å². The molecule has 1 aromatic carbocycles. The largest absolute Gasteiger partial charge is 0.389 e. The molecule has 1 atom stereocenters. The normalized spacial score (nSPS) is 12.9. The average molecular weight is 297 g/mol. The van der Waals surface area contributed by atoms with Gasteiger partial charge in [0.1, 0.15) is 0 Å². The van der Waals surface area contributed by atoms with Crippen LogP contribution in [0.15, 0.2) is 43.2 Å². The first-order valence-corrected chi connectivity index (χ1v) is 6.37. The van der Waals surface area contributed by atoms with Crippen molar-refractivity contribution in [2.45, 2.75) is 32.1 Å². The van der Waals surface area contributed by atoms with Crippen LogP contribution in [0, 0.1) is 0 Å². The topological polar surface area (TPSA) is 47.3 Å². The second-order valence-corrected chi connectivity index (χ2v) is 5.16. The Morgan fingerprint density at radius 1 is 1.45 bits per heavy atom. The third-order valence-corrected chi connectivity index (χ3v) is 3.07. The zero-order valence-electron chi connectivity index (χ0n) is 11.8. The van der Waals surface area contributed by atoms with Gasteiger partial charge < -0.3 is 14.4 Å². The highest BCUT2D eigenvalue weighted by Crippen LogP contribution is 2.14. The van der Waals surface area contributed by atoms with Crippen molar-refractivity contribution in [3.05, 3.63) is 43.2 Å². The summed E-state index contributed by atoms with van der Waals surface area (Å²) < 4.78 is 7.53. The van der Waals surface area contributed by atoms with E-state index in [1.807, 2.05) is 42.7 Å². The number of ether oxygens (including phenoxy) is 1. The van der Waals surface area contributed by atoms with Crippen LogP contribution in [0.3, 0.4) is 0 Å². The van der Waals surface area contributed by atoms with E-state index in [1.54, 1.807) is 12.4 Å². The first-order chi connectivity index (χ1) is 9.02. The van der Waals surface area contributed by atoms with Gasteiger partial charge >= 0.3 is 0 Å². The van der Waals surface area contributed by atoms with Gasteiger partial charge in [0.2, 0.25) is 0 Å². The molecule has 20 heavy (non-hydrogen) atoms. The molecule has 0 bridgehead atoms. The lowest BCUT2D eigenvalue weighted by molar-refractivity contribution is -0.0368. The Labute approximate surface area is 125 Å². The number of hydrogen-bond acceptors (Lipinski definition) is 3. The second-order valence-electron chi connectivity index (χ2n) is 5.16. The number of halogens is 1. The van der Waals surface area contributed by atoms with E-state index in [4.69, 9.17) is 4.74 Å². The molecule has 0 saturated heterocycles. The summed E-state index contributed by atoms with van der Waals surface area (Å²) in [5, 5.41) is 10.0. The van der Waals surface area contributed by atoms with E-state index in [0.717, 1.165) is 11.0 Å². The lowest BCUT2D eigenvalue weighted by atomic mass is 10.1. The summed E-state index contributed by atoms with van der Waals surface area (Å²) in [6, 6.07) is 7.86. The second kappa shape index (κ2) is 6.88. The quantitative estimate of drug-likeness (QED) is 0.834. The van der Waals surface area contributed by atoms with E-state index < -0.39 is 11.7 Å². The van der Waals surface area contributed by atoms with Crippen LogP contribution in [0.2, 0.25) is 0 Å². The maximum Gasteiger partial charge on any atom is 0.0959 e. The van der Waals surface area contributed by atoms with Crippen molar-refractivity contribution in [1.29, 1.82) is 0 Å². The van der Waals surface area contributed by atoms with E-state index in [-0.39, 0.29) is 19.0 Å². The number of imidazole rings is 1. The van der Waals surface area contributed by atoms with Gasteiger partial charge in [-0.2, -0.15) is 0 Å². The van der Waals surface area contributed by atoms with Crippen LogP contribution in [0.1, 0.15) is 13.8 Å². The van der Waals surface area contributed by atoms with Crippen molar-refractivity contribution in [1.82, 2.24) is 9.55 Å². The van der Waals surface area contributed by atoms with Gasteiger partial charge in [0.15, 0.2) is 0 Å². The van der Waals surface area contributed by atoms with Crippen LogP contribution >= 0.6 is 12.4 Å².